The van der Waals surface area contributed by atoms with E-state index in [1.54, 1.807) is 18.2 Å². The second kappa shape index (κ2) is 7.33. The number of nitrogens with zero attached hydrogens (tertiary/aromatic N) is 4. The van der Waals surface area contributed by atoms with E-state index in [-0.39, 0.29) is 36.0 Å². The van der Waals surface area contributed by atoms with Gasteiger partial charge >= 0.3 is 5.69 Å². The molecule has 0 aliphatic rings. The molecule has 1 aromatic carbocycles. The van der Waals surface area contributed by atoms with Gasteiger partial charge in [0.15, 0.2) is 22.7 Å². The van der Waals surface area contributed by atoms with Gasteiger partial charge in [-0.2, -0.15) is 10.1 Å². The number of aliphatic hydroxyl groups is 1. The number of phenolic OH excluding ortho intramolecular Hbond substituents is 1. The molecule has 0 atom stereocenters. The van der Waals surface area contributed by atoms with E-state index in [4.69, 9.17) is 4.74 Å². The minimum Gasteiger partial charge on any atom is -0.504 e. The number of para-hydroxylation sites is 1. The third-order valence-electron chi connectivity index (χ3n) is 3.95. The number of anilines is 1. The second-order valence-corrected chi connectivity index (χ2v) is 5.57. The molecular formula is C16H18N6O5. The Kier molecular flexibility index (Phi) is 4.94. The van der Waals surface area contributed by atoms with Crippen LogP contribution in [0.2, 0.25) is 0 Å². The number of rotatable bonds is 6. The van der Waals surface area contributed by atoms with Crippen LogP contribution < -0.4 is 21.4 Å². The number of benzene rings is 1. The Labute approximate surface area is 152 Å². The fraction of sp³-hybridized carbons (Fsp3) is 0.250. The molecule has 2 heterocycles. The maximum absolute atomic E-state index is 12.1. The number of ether oxygens (including phenoxy) is 1. The molecule has 11 heteroatoms. The van der Waals surface area contributed by atoms with Crippen LogP contribution in [-0.2, 0) is 13.6 Å². The van der Waals surface area contributed by atoms with Crippen molar-refractivity contribution in [3.05, 3.63) is 44.6 Å². The lowest BCUT2D eigenvalue weighted by Gasteiger charge is -2.06. The molecule has 0 unspecified atom stereocenters. The van der Waals surface area contributed by atoms with Crippen molar-refractivity contribution in [2.45, 2.75) is 6.54 Å². The van der Waals surface area contributed by atoms with Crippen LogP contribution in [0.3, 0.4) is 0 Å². The zero-order valence-electron chi connectivity index (χ0n) is 14.6. The van der Waals surface area contributed by atoms with E-state index in [1.165, 1.54) is 29.5 Å². The average molecular weight is 374 g/mol. The van der Waals surface area contributed by atoms with Gasteiger partial charge in [0.05, 0.1) is 19.9 Å². The summed E-state index contributed by atoms with van der Waals surface area (Å²) in [5.41, 5.74) is 2.14. The molecule has 0 bridgehead atoms. The summed E-state index contributed by atoms with van der Waals surface area (Å²) in [6.45, 7) is -0.178. The predicted octanol–water partition coefficient (Wildman–Crippen LogP) is -0.424. The SMILES string of the molecule is COc1cccc(/C=N/Nc2nc3c(c(=O)[nH]c(=O)n3C)n2CCO)c1O. The van der Waals surface area contributed by atoms with Crippen molar-refractivity contribution in [2.75, 3.05) is 19.1 Å². The predicted molar refractivity (Wildman–Crippen MR) is 98.6 cm³/mol. The molecule has 0 radical (unpaired) electrons. The number of hydrazone groups is 1. The molecule has 0 saturated carbocycles. The summed E-state index contributed by atoms with van der Waals surface area (Å²) in [6.07, 6.45) is 1.35. The van der Waals surface area contributed by atoms with Crippen molar-refractivity contribution < 1.29 is 14.9 Å². The molecule has 11 nitrogen and oxygen atoms in total. The Morgan fingerprint density at radius 2 is 2.19 bits per heavy atom. The van der Waals surface area contributed by atoms with Gasteiger partial charge in [-0.1, -0.05) is 6.07 Å². The number of aromatic amines is 1. The number of imidazole rings is 1. The summed E-state index contributed by atoms with van der Waals surface area (Å²) in [5.74, 6) is 0.380. The standard InChI is InChI=1S/C16H18N6O5/c1-21-13-11(14(25)19-16(21)26)22(6-7-23)15(18-13)20-17-8-9-4-3-5-10(27-2)12(9)24/h3-5,8,23-24H,6-7H2,1-2H3,(H,18,20)(H,19,25,26)/b17-8+. The van der Waals surface area contributed by atoms with Crippen molar-refractivity contribution in [1.82, 2.24) is 19.1 Å². The van der Waals surface area contributed by atoms with Gasteiger partial charge in [-0.15, -0.1) is 0 Å². The third-order valence-corrected chi connectivity index (χ3v) is 3.95. The molecule has 0 saturated heterocycles. The Bertz CT molecular complexity index is 1130. The fourth-order valence-electron chi connectivity index (χ4n) is 2.61. The lowest BCUT2D eigenvalue weighted by atomic mass is 10.2. The van der Waals surface area contributed by atoms with Crippen LogP contribution in [-0.4, -0.2) is 49.2 Å². The zero-order valence-corrected chi connectivity index (χ0v) is 14.6. The van der Waals surface area contributed by atoms with E-state index >= 15 is 0 Å². The summed E-state index contributed by atoms with van der Waals surface area (Å²) in [6, 6.07) is 4.93. The molecule has 0 aliphatic heterocycles. The zero-order chi connectivity index (χ0) is 19.6. The largest absolute Gasteiger partial charge is 0.504 e. The van der Waals surface area contributed by atoms with E-state index in [0.717, 1.165) is 0 Å². The molecule has 2 aromatic heterocycles. The second-order valence-electron chi connectivity index (χ2n) is 5.57. The van der Waals surface area contributed by atoms with Gasteiger partial charge in [-0.25, -0.2) is 10.2 Å². The Morgan fingerprint density at radius 3 is 2.89 bits per heavy atom. The van der Waals surface area contributed by atoms with E-state index in [0.29, 0.717) is 11.3 Å². The number of hydrogen-bond donors (Lipinski definition) is 4. The van der Waals surface area contributed by atoms with E-state index in [9.17, 15) is 19.8 Å². The quantitative estimate of drug-likeness (QED) is 0.338. The molecular weight excluding hydrogens is 356 g/mol. The minimum absolute atomic E-state index is 0.0695. The van der Waals surface area contributed by atoms with Crippen LogP contribution in [0.15, 0.2) is 32.9 Å². The first kappa shape index (κ1) is 18.2. The van der Waals surface area contributed by atoms with E-state index in [2.05, 4.69) is 20.5 Å². The monoisotopic (exact) mass is 374 g/mol. The van der Waals surface area contributed by atoms with Crippen molar-refractivity contribution >= 4 is 23.3 Å². The van der Waals surface area contributed by atoms with Crippen LogP contribution in [0.5, 0.6) is 11.5 Å². The Balaban J connectivity index is 2.01. The Hall–Kier alpha value is -3.60. The van der Waals surface area contributed by atoms with Gasteiger partial charge in [0.2, 0.25) is 5.95 Å². The van der Waals surface area contributed by atoms with Crippen LogP contribution in [0.25, 0.3) is 11.2 Å². The Morgan fingerprint density at radius 1 is 1.41 bits per heavy atom. The van der Waals surface area contributed by atoms with Crippen LogP contribution in [0.1, 0.15) is 5.56 Å². The number of methoxy groups -OCH3 is 1. The third kappa shape index (κ3) is 3.27. The highest BCUT2D eigenvalue weighted by atomic mass is 16.5. The van der Waals surface area contributed by atoms with Gasteiger partial charge in [0.25, 0.3) is 5.56 Å². The van der Waals surface area contributed by atoms with Crippen LogP contribution in [0, 0.1) is 0 Å². The highest BCUT2D eigenvalue weighted by molar-refractivity contribution is 5.85. The summed E-state index contributed by atoms with van der Waals surface area (Å²) in [4.78, 5) is 30.3. The lowest BCUT2D eigenvalue weighted by Crippen LogP contribution is -2.29. The lowest BCUT2D eigenvalue weighted by molar-refractivity contribution is 0.278. The number of phenols is 1. The summed E-state index contributed by atoms with van der Waals surface area (Å²) in [7, 11) is 2.91. The minimum atomic E-state index is -0.614. The number of aromatic nitrogens is 4. The van der Waals surface area contributed by atoms with Crippen LogP contribution in [0.4, 0.5) is 5.95 Å². The molecule has 3 rings (SSSR count). The molecule has 0 aliphatic carbocycles. The average Bonchev–Trinajstić information content (AvgIpc) is 3.01. The van der Waals surface area contributed by atoms with Crippen molar-refractivity contribution in [1.29, 1.82) is 0 Å². The molecule has 4 N–H and O–H groups in total. The summed E-state index contributed by atoms with van der Waals surface area (Å²) < 4.78 is 7.63. The fourth-order valence-corrected chi connectivity index (χ4v) is 2.61. The molecule has 3 aromatic rings. The van der Waals surface area contributed by atoms with Gasteiger partial charge in [0.1, 0.15) is 0 Å². The number of hydrogen-bond acceptors (Lipinski definition) is 8. The van der Waals surface area contributed by atoms with Gasteiger partial charge < -0.3 is 19.5 Å². The summed E-state index contributed by atoms with van der Waals surface area (Å²) >= 11 is 0. The number of aliphatic hydroxyl groups excluding tert-OH is 1. The number of H-pyrrole nitrogens is 1. The first-order chi connectivity index (χ1) is 13.0. The highest BCUT2D eigenvalue weighted by Crippen LogP contribution is 2.28. The van der Waals surface area contributed by atoms with E-state index < -0.39 is 11.2 Å². The highest BCUT2D eigenvalue weighted by Gasteiger charge is 2.16. The first-order valence-corrected chi connectivity index (χ1v) is 7.93. The smallest absolute Gasteiger partial charge is 0.329 e. The van der Waals surface area contributed by atoms with Gasteiger partial charge in [-0.05, 0) is 12.1 Å². The van der Waals surface area contributed by atoms with Crippen molar-refractivity contribution in [3.63, 3.8) is 0 Å². The number of aryl methyl sites for hydroxylation is 1. The summed E-state index contributed by atoms with van der Waals surface area (Å²) in [5, 5.41) is 23.4. The molecule has 142 valence electrons. The normalized spacial score (nSPS) is 11.4. The molecule has 0 fully saturated rings. The first-order valence-electron chi connectivity index (χ1n) is 7.93. The topological polar surface area (TPSA) is 147 Å². The number of fused-ring (bicyclic) bond motifs is 1. The van der Waals surface area contributed by atoms with Crippen molar-refractivity contribution in [3.8, 4) is 11.5 Å². The van der Waals surface area contributed by atoms with Gasteiger partial charge in [-0.3, -0.25) is 14.3 Å². The molecule has 0 spiro atoms. The van der Waals surface area contributed by atoms with Crippen LogP contribution >= 0.6 is 0 Å². The van der Waals surface area contributed by atoms with Gasteiger partial charge in [0, 0.05) is 19.2 Å². The molecule has 0 amide bonds. The van der Waals surface area contributed by atoms with Crippen molar-refractivity contribution in [2.24, 2.45) is 12.1 Å². The number of aromatic hydroxyl groups is 1. The maximum Gasteiger partial charge on any atom is 0.329 e. The number of nitrogens with one attached hydrogen (secondary N) is 2. The van der Waals surface area contributed by atoms with E-state index in [1.807, 2.05) is 0 Å². The molecule has 27 heavy (non-hydrogen) atoms. The maximum atomic E-state index is 12.1.